The average molecular weight is 250 g/mol. The third-order valence-corrected chi connectivity index (χ3v) is 2.73. The lowest BCUT2D eigenvalue weighted by molar-refractivity contribution is -0.392. The molecule has 0 aliphatic carbocycles. The van der Waals surface area contributed by atoms with E-state index in [0.29, 0.717) is 12.2 Å². The summed E-state index contributed by atoms with van der Waals surface area (Å²) in [5, 5.41) is 20.7. The molecular formula is C11H14N4O3. The Morgan fingerprint density at radius 2 is 2.44 bits per heavy atom. The fourth-order valence-electron chi connectivity index (χ4n) is 1.85. The highest BCUT2D eigenvalue weighted by Crippen LogP contribution is 2.15. The number of aliphatic hydroxyl groups excluding tert-OH is 1. The van der Waals surface area contributed by atoms with E-state index in [1.807, 2.05) is 12.1 Å². The predicted octanol–water partition coefficient (Wildman–Crippen LogP) is 1.03. The summed E-state index contributed by atoms with van der Waals surface area (Å²) in [6.45, 7) is 1.83. The number of imidazole rings is 1. The van der Waals surface area contributed by atoms with Crippen LogP contribution in [0.3, 0.4) is 0 Å². The van der Waals surface area contributed by atoms with Crippen LogP contribution in [0, 0.1) is 17.0 Å². The molecule has 0 aliphatic rings. The Balaban J connectivity index is 2.09. The van der Waals surface area contributed by atoms with Crippen molar-refractivity contribution in [2.45, 2.75) is 26.0 Å². The van der Waals surface area contributed by atoms with Crippen LogP contribution in [-0.4, -0.2) is 30.7 Å². The summed E-state index contributed by atoms with van der Waals surface area (Å²) in [6.07, 6.45) is 2.70. The number of rotatable bonds is 5. The van der Waals surface area contributed by atoms with E-state index in [-0.39, 0.29) is 12.4 Å². The van der Waals surface area contributed by atoms with Crippen molar-refractivity contribution in [2.75, 3.05) is 0 Å². The van der Waals surface area contributed by atoms with Crippen molar-refractivity contribution < 1.29 is 10.0 Å². The van der Waals surface area contributed by atoms with Gasteiger partial charge in [-0.1, -0.05) is 0 Å². The van der Waals surface area contributed by atoms with Crippen LogP contribution in [0.4, 0.5) is 5.82 Å². The van der Waals surface area contributed by atoms with Gasteiger partial charge in [-0.2, -0.15) is 0 Å². The largest absolute Gasteiger partial charge is 0.389 e. The van der Waals surface area contributed by atoms with E-state index in [0.717, 1.165) is 5.69 Å². The molecule has 0 amide bonds. The fourth-order valence-corrected chi connectivity index (χ4v) is 1.85. The van der Waals surface area contributed by atoms with Crippen LogP contribution >= 0.6 is 0 Å². The van der Waals surface area contributed by atoms with Crippen LogP contribution in [0.25, 0.3) is 0 Å². The molecule has 0 bridgehead atoms. The number of hydrogen-bond acceptors (Lipinski definition) is 4. The van der Waals surface area contributed by atoms with Crippen molar-refractivity contribution in [1.29, 1.82) is 0 Å². The van der Waals surface area contributed by atoms with Gasteiger partial charge in [-0.15, -0.1) is 0 Å². The maximum absolute atomic E-state index is 10.8. The summed E-state index contributed by atoms with van der Waals surface area (Å²) in [5.74, 6) is 0.422. The smallest absolute Gasteiger partial charge is 0.342 e. The molecule has 18 heavy (non-hydrogen) atoms. The third-order valence-electron chi connectivity index (χ3n) is 2.73. The average Bonchev–Trinajstić information content (AvgIpc) is 2.90. The summed E-state index contributed by atoms with van der Waals surface area (Å²) in [4.78, 5) is 17.2. The SMILES string of the molecule is Cc1ncc([N+](=O)[O-])n1CC(O)Cc1ccc[nH]1. The molecule has 1 unspecified atom stereocenters. The standard InChI is InChI=1S/C11H14N4O3/c1-8-13-6-11(15(17)18)14(8)7-10(16)5-9-3-2-4-12-9/h2-4,6,10,12,16H,5,7H2,1H3. The van der Waals surface area contributed by atoms with Crippen molar-refractivity contribution in [3.05, 3.63) is 46.2 Å². The summed E-state index contributed by atoms with van der Waals surface area (Å²) < 4.78 is 1.41. The maximum atomic E-state index is 10.8. The predicted molar refractivity (Wildman–Crippen MR) is 64.1 cm³/mol. The second kappa shape index (κ2) is 5.01. The number of hydrogen-bond donors (Lipinski definition) is 2. The molecule has 2 heterocycles. The summed E-state index contributed by atoms with van der Waals surface area (Å²) in [6, 6.07) is 3.70. The van der Waals surface area contributed by atoms with Crippen molar-refractivity contribution in [3.63, 3.8) is 0 Å². The number of nitrogens with one attached hydrogen (secondary N) is 1. The Morgan fingerprint density at radius 1 is 1.67 bits per heavy atom. The molecule has 0 fully saturated rings. The summed E-state index contributed by atoms with van der Waals surface area (Å²) >= 11 is 0. The topological polar surface area (TPSA) is 97.0 Å². The maximum Gasteiger partial charge on any atom is 0.342 e. The molecule has 2 rings (SSSR count). The molecule has 0 aromatic carbocycles. The van der Waals surface area contributed by atoms with Crippen LogP contribution in [0.1, 0.15) is 11.5 Å². The Hall–Kier alpha value is -2.15. The van der Waals surface area contributed by atoms with E-state index in [1.165, 1.54) is 10.8 Å². The quantitative estimate of drug-likeness (QED) is 0.611. The number of H-pyrrole nitrogens is 1. The number of nitrogens with zero attached hydrogens (tertiary/aromatic N) is 3. The van der Waals surface area contributed by atoms with E-state index in [1.54, 1.807) is 13.1 Å². The van der Waals surface area contributed by atoms with Gasteiger partial charge in [0.05, 0.1) is 6.10 Å². The van der Waals surface area contributed by atoms with Crippen LogP contribution < -0.4 is 0 Å². The summed E-state index contributed by atoms with van der Waals surface area (Å²) in [5.41, 5.74) is 0.892. The van der Waals surface area contributed by atoms with E-state index in [2.05, 4.69) is 9.97 Å². The second-order valence-electron chi connectivity index (χ2n) is 4.08. The highest BCUT2D eigenvalue weighted by atomic mass is 16.6. The van der Waals surface area contributed by atoms with Gasteiger partial charge in [0.1, 0.15) is 12.7 Å². The van der Waals surface area contributed by atoms with Gasteiger partial charge in [-0.05, 0) is 17.1 Å². The molecule has 0 saturated heterocycles. The zero-order valence-corrected chi connectivity index (χ0v) is 9.91. The highest BCUT2D eigenvalue weighted by Gasteiger charge is 2.20. The zero-order chi connectivity index (χ0) is 13.1. The minimum absolute atomic E-state index is 0.0990. The van der Waals surface area contributed by atoms with Gasteiger partial charge in [0, 0.05) is 25.2 Å². The molecule has 2 N–H and O–H groups in total. The first-order valence-corrected chi connectivity index (χ1v) is 5.54. The number of aromatic nitrogens is 3. The lowest BCUT2D eigenvalue weighted by Gasteiger charge is -2.09. The van der Waals surface area contributed by atoms with Crippen LogP contribution in [0.15, 0.2) is 24.5 Å². The van der Waals surface area contributed by atoms with E-state index < -0.39 is 11.0 Å². The van der Waals surface area contributed by atoms with E-state index >= 15 is 0 Å². The molecule has 96 valence electrons. The van der Waals surface area contributed by atoms with Gasteiger partial charge >= 0.3 is 5.82 Å². The molecule has 7 heteroatoms. The monoisotopic (exact) mass is 250 g/mol. The minimum Gasteiger partial charge on any atom is -0.389 e. The van der Waals surface area contributed by atoms with Gasteiger partial charge < -0.3 is 20.2 Å². The first kappa shape index (κ1) is 12.3. The fraction of sp³-hybridized carbons (Fsp3) is 0.364. The molecule has 0 spiro atoms. The van der Waals surface area contributed by atoms with Gasteiger partial charge in [0.15, 0.2) is 5.82 Å². The first-order chi connectivity index (χ1) is 8.58. The molecule has 2 aromatic rings. The van der Waals surface area contributed by atoms with E-state index in [9.17, 15) is 15.2 Å². The molecule has 0 aliphatic heterocycles. The zero-order valence-electron chi connectivity index (χ0n) is 9.91. The highest BCUT2D eigenvalue weighted by molar-refractivity contribution is 5.19. The van der Waals surface area contributed by atoms with Crippen molar-refractivity contribution in [3.8, 4) is 0 Å². The first-order valence-electron chi connectivity index (χ1n) is 5.54. The van der Waals surface area contributed by atoms with E-state index in [4.69, 9.17) is 0 Å². The lowest BCUT2D eigenvalue weighted by atomic mass is 10.2. The summed E-state index contributed by atoms with van der Waals surface area (Å²) in [7, 11) is 0. The minimum atomic E-state index is -0.699. The third kappa shape index (κ3) is 2.57. The number of aryl methyl sites for hydroxylation is 1. The molecule has 7 nitrogen and oxygen atoms in total. The Kier molecular flexibility index (Phi) is 3.42. The molecule has 0 radical (unpaired) electrons. The molecule has 0 saturated carbocycles. The van der Waals surface area contributed by atoms with Crippen molar-refractivity contribution in [2.24, 2.45) is 0 Å². The van der Waals surface area contributed by atoms with Gasteiger partial charge in [0.25, 0.3) is 0 Å². The second-order valence-corrected chi connectivity index (χ2v) is 4.08. The van der Waals surface area contributed by atoms with Crippen LogP contribution in [-0.2, 0) is 13.0 Å². The lowest BCUT2D eigenvalue weighted by Crippen LogP contribution is -2.20. The van der Waals surface area contributed by atoms with Crippen LogP contribution in [0.2, 0.25) is 0 Å². The normalized spacial score (nSPS) is 12.6. The number of aromatic amines is 1. The van der Waals surface area contributed by atoms with Gasteiger partial charge in [0.2, 0.25) is 0 Å². The van der Waals surface area contributed by atoms with Crippen molar-refractivity contribution in [1.82, 2.24) is 14.5 Å². The van der Waals surface area contributed by atoms with Crippen molar-refractivity contribution >= 4 is 5.82 Å². The number of nitro groups is 1. The molecular weight excluding hydrogens is 236 g/mol. The Labute approximate surface area is 103 Å². The van der Waals surface area contributed by atoms with Gasteiger partial charge in [-0.3, -0.25) is 0 Å². The van der Waals surface area contributed by atoms with Gasteiger partial charge in [-0.25, -0.2) is 9.55 Å². The molecule has 2 aromatic heterocycles. The van der Waals surface area contributed by atoms with Crippen LogP contribution in [0.5, 0.6) is 0 Å². The Bertz CT molecular complexity index is 532. The Morgan fingerprint density at radius 3 is 3.06 bits per heavy atom. The molecule has 1 atom stereocenters. The number of aliphatic hydroxyl groups is 1.